The van der Waals surface area contributed by atoms with E-state index in [1.807, 2.05) is 0 Å². The molecule has 2 saturated heterocycles. The summed E-state index contributed by atoms with van der Waals surface area (Å²) >= 11 is 1.74. The maximum atomic E-state index is 6.17. The molecule has 1 spiro atoms. The zero-order valence-electron chi connectivity index (χ0n) is 13.1. The molecule has 1 atom stereocenters. The predicted octanol–water partition coefficient (Wildman–Crippen LogP) is 2.63. The minimum absolute atomic E-state index is 0.0780. The molecule has 0 radical (unpaired) electrons. The minimum Gasteiger partial charge on any atom is -0.373 e. The number of piperidine rings is 1. The van der Waals surface area contributed by atoms with Crippen LogP contribution in [0, 0.1) is 13.8 Å². The average molecular weight is 318 g/mol. The van der Waals surface area contributed by atoms with Crippen LogP contribution in [0.15, 0.2) is 6.33 Å². The van der Waals surface area contributed by atoms with Crippen molar-refractivity contribution in [1.82, 2.24) is 15.3 Å². The fourth-order valence-electron chi connectivity index (χ4n) is 3.65. The third-order valence-electron chi connectivity index (χ3n) is 5.03. The van der Waals surface area contributed by atoms with Gasteiger partial charge in [-0.3, -0.25) is 0 Å². The van der Waals surface area contributed by atoms with Crippen LogP contribution in [0.3, 0.4) is 0 Å². The number of hydrogen-bond acceptors (Lipinski definition) is 6. The van der Waals surface area contributed by atoms with Gasteiger partial charge in [-0.05, 0) is 51.8 Å². The summed E-state index contributed by atoms with van der Waals surface area (Å²) in [6.45, 7) is 7.20. The van der Waals surface area contributed by atoms with E-state index < -0.39 is 0 Å². The summed E-state index contributed by atoms with van der Waals surface area (Å²) in [5.41, 5.74) is 1.37. The summed E-state index contributed by atoms with van der Waals surface area (Å²) in [5, 5.41) is 8.21. The highest BCUT2D eigenvalue weighted by molar-refractivity contribution is 7.18. The van der Waals surface area contributed by atoms with Gasteiger partial charge in [-0.1, -0.05) is 0 Å². The molecule has 0 amide bonds. The predicted molar refractivity (Wildman–Crippen MR) is 89.7 cm³/mol. The number of ether oxygens (including phenoxy) is 1. The standard InChI is InChI=1S/C16H22N4OS/c1-10-11(2)22-15-13(10)14(18-9-19-15)20-12-7-16(21-8-12)3-5-17-6-4-16/h9,12,17H,3-8H2,1-2H3,(H,18,19,20). The van der Waals surface area contributed by atoms with Crippen molar-refractivity contribution in [3.8, 4) is 0 Å². The van der Waals surface area contributed by atoms with Crippen molar-refractivity contribution in [2.24, 2.45) is 0 Å². The van der Waals surface area contributed by atoms with Crippen molar-refractivity contribution in [2.75, 3.05) is 25.0 Å². The Morgan fingerprint density at radius 2 is 2.14 bits per heavy atom. The van der Waals surface area contributed by atoms with E-state index in [9.17, 15) is 0 Å². The molecule has 2 aliphatic rings. The van der Waals surface area contributed by atoms with Gasteiger partial charge in [0, 0.05) is 4.88 Å². The first-order chi connectivity index (χ1) is 10.7. The maximum Gasteiger partial charge on any atom is 0.138 e. The Kier molecular flexibility index (Phi) is 3.55. The van der Waals surface area contributed by atoms with Gasteiger partial charge in [-0.2, -0.15) is 0 Å². The van der Waals surface area contributed by atoms with Gasteiger partial charge >= 0.3 is 0 Å². The van der Waals surface area contributed by atoms with Crippen molar-refractivity contribution in [1.29, 1.82) is 0 Å². The number of fused-ring (bicyclic) bond motifs is 1. The first-order valence-electron chi connectivity index (χ1n) is 7.99. The Bertz CT molecular complexity index is 693. The molecule has 22 heavy (non-hydrogen) atoms. The third-order valence-corrected chi connectivity index (χ3v) is 6.15. The highest BCUT2D eigenvalue weighted by atomic mass is 32.1. The number of hydrogen-bond donors (Lipinski definition) is 2. The number of aryl methyl sites for hydroxylation is 2. The second-order valence-electron chi connectivity index (χ2n) is 6.48. The molecule has 4 heterocycles. The van der Waals surface area contributed by atoms with Crippen LogP contribution in [-0.2, 0) is 4.74 Å². The van der Waals surface area contributed by atoms with Crippen molar-refractivity contribution >= 4 is 27.4 Å². The summed E-state index contributed by atoms with van der Waals surface area (Å²) < 4.78 is 6.17. The smallest absolute Gasteiger partial charge is 0.138 e. The normalized spacial score (nSPS) is 24.2. The molecular weight excluding hydrogens is 296 g/mol. The lowest BCUT2D eigenvalue weighted by atomic mass is 9.88. The molecule has 4 rings (SSSR count). The molecule has 5 nitrogen and oxygen atoms in total. The molecule has 1 unspecified atom stereocenters. The number of aromatic nitrogens is 2. The van der Waals surface area contributed by atoms with E-state index in [4.69, 9.17) is 4.74 Å². The SMILES string of the molecule is Cc1sc2ncnc(NC3COC4(CCNCC4)C3)c2c1C. The monoisotopic (exact) mass is 318 g/mol. The van der Waals surface area contributed by atoms with E-state index in [0.29, 0.717) is 6.04 Å². The van der Waals surface area contributed by atoms with Crippen LogP contribution in [0.2, 0.25) is 0 Å². The molecular formula is C16H22N4OS. The first kappa shape index (κ1) is 14.4. The molecule has 2 aromatic heterocycles. The Morgan fingerprint density at radius 3 is 2.95 bits per heavy atom. The van der Waals surface area contributed by atoms with Crippen LogP contribution < -0.4 is 10.6 Å². The first-order valence-corrected chi connectivity index (χ1v) is 8.80. The number of nitrogens with one attached hydrogen (secondary N) is 2. The zero-order valence-corrected chi connectivity index (χ0v) is 13.9. The van der Waals surface area contributed by atoms with Gasteiger partial charge in [-0.25, -0.2) is 9.97 Å². The van der Waals surface area contributed by atoms with E-state index >= 15 is 0 Å². The third kappa shape index (κ3) is 2.39. The summed E-state index contributed by atoms with van der Waals surface area (Å²) in [6, 6.07) is 0.343. The topological polar surface area (TPSA) is 59.1 Å². The van der Waals surface area contributed by atoms with Gasteiger partial charge in [0.2, 0.25) is 0 Å². The van der Waals surface area contributed by atoms with Crippen LogP contribution >= 0.6 is 11.3 Å². The number of nitrogens with zero attached hydrogens (tertiary/aromatic N) is 2. The summed E-state index contributed by atoms with van der Waals surface area (Å²) in [5.74, 6) is 0.964. The molecule has 2 N–H and O–H groups in total. The van der Waals surface area contributed by atoms with Crippen LogP contribution in [0.25, 0.3) is 10.2 Å². The lowest BCUT2D eigenvalue weighted by Gasteiger charge is -2.32. The lowest BCUT2D eigenvalue weighted by molar-refractivity contribution is -0.0192. The van der Waals surface area contributed by atoms with E-state index in [-0.39, 0.29) is 5.60 Å². The van der Waals surface area contributed by atoms with Gasteiger partial charge in [0.15, 0.2) is 0 Å². The molecule has 0 saturated carbocycles. The molecule has 0 bridgehead atoms. The van der Waals surface area contributed by atoms with Crippen molar-refractivity contribution in [3.05, 3.63) is 16.8 Å². The van der Waals surface area contributed by atoms with Gasteiger partial charge < -0.3 is 15.4 Å². The Labute approximate surface area is 134 Å². The van der Waals surface area contributed by atoms with Gasteiger partial charge in [0.1, 0.15) is 17.0 Å². The number of thiophene rings is 1. The largest absolute Gasteiger partial charge is 0.373 e. The highest BCUT2D eigenvalue weighted by Crippen LogP contribution is 2.37. The Hall–Kier alpha value is -1.24. The van der Waals surface area contributed by atoms with E-state index in [1.165, 1.54) is 15.8 Å². The number of anilines is 1. The second-order valence-corrected chi connectivity index (χ2v) is 7.68. The molecule has 2 aromatic rings. The Morgan fingerprint density at radius 1 is 1.32 bits per heavy atom. The van der Waals surface area contributed by atoms with Crippen molar-refractivity contribution in [3.63, 3.8) is 0 Å². The van der Waals surface area contributed by atoms with Gasteiger partial charge in [0.05, 0.1) is 23.6 Å². The minimum atomic E-state index is 0.0780. The van der Waals surface area contributed by atoms with Crippen molar-refractivity contribution in [2.45, 2.75) is 44.8 Å². The maximum absolute atomic E-state index is 6.17. The zero-order chi connectivity index (χ0) is 15.2. The molecule has 0 aromatic carbocycles. The quantitative estimate of drug-likeness (QED) is 0.891. The summed E-state index contributed by atoms with van der Waals surface area (Å²) in [7, 11) is 0. The summed E-state index contributed by atoms with van der Waals surface area (Å²) in [4.78, 5) is 11.3. The number of rotatable bonds is 2. The van der Waals surface area contributed by atoms with Crippen LogP contribution in [0.1, 0.15) is 29.7 Å². The highest BCUT2D eigenvalue weighted by Gasteiger charge is 2.41. The fourth-order valence-corrected chi connectivity index (χ4v) is 4.65. The van der Waals surface area contributed by atoms with Crippen molar-refractivity contribution < 1.29 is 4.74 Å². The van der Waals surface area contributed by atoms with Gasteiger partial charge in [-0.15, -0.1) is 11.3 Å². The molecule has 2 fully saturated rings. The molecule has 118 valence electrons. The fraction of sp³-hybridized carbons (Fsp3) is 0.625. The van der Waals surface area contributed by atoms with Crippen LogP contribution in [-0.4, -0.2) is 41.3 Å². The molecule has 2 aliphatic heterocycles. The van der Waals surface area contributed by atoms with E-state index in [2.05, 4.69) is 34.4 Å². The van der Waals surface area contributed by atoms with Gasteiger partial charge in [0.25, 0.3) is 0 Å². The lowest BCUT2D eigenvalue weighted by Crippen LogP contribution is -2.41. The average Bonchev–Trinajstić information content (AvgIpc) is 3.03. The van der Waals surface area contributed by atoms with Crippen LogP contribution in [0.5, 0.6) is 0 Å². The van der Waals surface area contributed by atoms with Crippen LogP contribution in [0.4, 0.5) is 5.82 Å². The Balaban J connectivity index is 1.57. The summed E-state index contributed by atoms with van der Waals surface area (Å²) in [6.07, 6.45) is 4.96. The van der Waals surface area contributed by atoms with E-state index in [0.717, 1.165) is 49.6 Å². The van der Waals surface area contributed by atoms with E-state index in [1.54, 1.807) is 17.7 Å². The second kappa shape index (κ2) is 5.44. The molecule has 0 aliphatic carbocycles. The molecule has 6 heteroatoms.